The van der Waals surface area contributed by atoms with Crippen molar-refractivity contribution in [1.29, 1.82) is 0 Å². The van der Waals surface area contributed by atoms with Crippen molar-refractivity contribution in [2.75, 3.05) is 145 Å². The number of aliphatic carboxylic acids is 1. The van der Waals surface area contributed by atoms with E-state index in [1.54, 1.807) is 6.92 Å². The van der Waals surface area contributed by atoms with Gasteiger partial charge in [0, 0.05) is 6.42 Å². The first-order valence-electron chi connectivity index (χ1n) is 15.8. The quantitative estimate of drug-likeness (QED) is 0.0520. The molecule has 0 unspecified atom stereocenters. The van der Waals surface area contributed by atoms with Gasteiger partial charge in [-0.1, -0.05) is 0 Å². The molecule has 17 heteroatoms. The van der Waals surface area contributed by atoms with Crippen LogP contribution in [0.3, 0.4) is 0 Å². The SMILES string of the molecule is CCOC(=O)CCOCCOCCOCCOCCOCCOCCOCCOCCOCCOCCOC(=O)CCC(=O)C(=O)O. The van der Waals surface area contributed by atoms with Gasteiger partial charge in [0.2, 0.25) is 5.78 Å². The Morgan fingerprint density at radius 2 is 0.638 bits per heavy atom. The Labute approximate surface area is 276 Å². The van der Waals surface area contributed by atoms with Crippen molar-refractivity contribution < 1.29 is 81.1 Å². The third-order valence-corrected chi connectivity index (χ3v) is 5.39. The molecule has 0 amide bonds. The van der Waals surface area contributed by atoms with E-state index in [0.717, 1.165) is 0 Å². The van der Waals surface area contributed by atoms with Crippen molar-refractivity contribution in [2.45, 2.75) is 26.2 Å². The first kappa shape index (κ1) is 44.7. The van der Waals surface area contributed by atoms with E-state index in [9.17, 15) is 19.2 Å². The summed E-state index contributed by atoms with van der Waals surface area (Å²) in [5.74, 6) is -3.51. The van der Waals surface area contributed by atoms with Crippen LogP contribution in [0.1, 0.15) is 26.2 Å². The molecular weight excluding hydrogens is 632 g/mol. The highest BCUT2D eigenvalue weighted by atomic mass is 16.6. The number of esters is 2. The molecule has 0 aromatic carbocycles. The van der Waals surface area contributed by atoms with Gasteiger partial charge in [-0.25, -0.2) is 4.79 Å². The monoisotopic (exact) mass is 686 g/mol. The van der Waals surface area contributed by atoms with E-state index in [-0.39, 0.29) is 38.4 Å². The molecule has 0 aliphatic heterocycles. The van der Waals surface area contributed by atoms with E-state index in [4.69, 9.17) is 61.9 Å². The zero-order valence-corrected chi connectivity index (χ0v) is 27.7. The predicted molar refractivity (Wildman–Crippen MR) is 162 cm³/mol. The molecule has 47 heavy (non-hydrogen) atoms. The highest BCUT2D eigenvalue weighted by Gasteiger charge is 2.14. The molecular formula is C30H54O17. The number of carbonyl (C=O) groups excluding carboxylic acids is 3. The van der Waals surface area contributed by atoms with Gasteiger partial charge in [0.05, 0.1) is 152 Å². The Balaban J connectivity index is 3.14. The van der Waals surface area contributed by atoms with Gasteiger partial charge in [-0.2, -0.15) is 0 Å². The summed E-state index contributed by atoms with van der Waals surface area (Å²) < 4.78 is 63.5. The van der Waals surface area contributed by atoms with E-state index in [1.807, 2.05) is 0 Å². The lowest BCUT2D eigenvalue weighted by atomic mass is 10.2. The highest BCUT2D eigenvalue weighted by Crippen LogP contribution is 1.95. The summed E-state index contributed by atoms with van der Waals surface area (Å²) in [5.41, 5.74) is 0. The molecule has 0 heterocycles. The molecule has 0 atom stereocenters. The number of hydrogen-bond donors (Lipinski definition) is 1. The molecule has 276 valence electrons. The third-order valence-electron chi connectivity index (χ3n) is 5.39. The van der Waals surface area contributed by atoms with Crippen LogP contribution < -0.4 is 0 Å². The average Bonchev–Trinajstić information content (AvgIpc) is 3.05. The first-order valence-corrected chi connectivity index (χ1v) is 15.8. The van der Waals surface area contributed by atoms with Gasteiger partial charge in [0.15, 0.2) is 0 Å². The summed E-state index contributed by atoms with van der Waals surface area (Å²) in [6.07, 6.45) is -0.423. The molecule has 17 nitrogen and oxygen atoms in total. The molecule has 0 saturated heterocycles. The minimum absolute atomic E-state index is 0.00979. The number of hydrogen-bond acceptors (Lipinski definition) is 16. The van der Waals surface area contributed by atoms with Gasteiger partial charge >= 0.3 is 17.9 Å². The van der Waals surface area contributed by atoms with Crippen LogP contribution in [0.2, 0.25) is 0 Å². The summed E-state index contributed by atoms with van der Waals surface area (Å²) in [6.45, 7) is 10.4. The number of ether oxygens (including phenoxy) is 12. The van der Waals surface area contributed by atoms with Crippen molar-refractivity contribution >= 4 is 23.7 Å². The van der Waals surface area contributed by atoms with Crippen LogP contribution in [0.25, 0.3) is 0 Å². The predicted octanol–water partition coefficient (Wildman–Crippen LogP) is 0.0827. The topological polar surface area (TPSA) is 199 Å². The van der Waals surface area contributed by atoms with Crippen molar-refractivity contribution in [3.63, 3.8) is 0 Å². The van der Waals surface area contributed by atoms with Gasteiger partial charge in [-0.15, -0.1) is 0 Å². The fraction of sp³-hybridized carbons (Fsp3) is 0.867. The molecule has 0 bridgehead atoms. The van der Waals surface area contributed by atoms with Crippen LogP contribution in [0, 0.1) is 0 Å². The van der Waals surface area contributed by atoms with Crippen LogP contribution in [0.5, 0.6) is 0 Å². The maximum atomic E-state index is 11.4. The zero-order valence-electron chi connectivity index (χ0n) is 27.7. The molecule has 0 aromatic heterocycles. The molecule has 0 aliphatic carbocycles. The highest BCUT2D eigenvalue weighted by molar-refractivity contribution is 6.32. The summed E-state index contributed by atoms with van der Waals surface area (Å²) >= 11 is 0. The third kappa shape index (κ3) is 36.4. The summed E-state index contributed by atoms with van der Waals surface area (Å²) in [7, 11) is 0. The van der Waals surface area contributed by atoms with E-state index >= 15 is 0 Å². The smallest absolute Gasteiger partial charge is 0.372 e. The molecule has 0 radical (unpaired) electrons. The van der Waals surface area contributed by atoms with Gasteiger partial charge in [-0.3, -0.25) is 14.4 Å². The zero-order chi connectivity index (χ0) is 34.5. The summed E-state index contributed by atoms with van der Waals surface area (Å²) in [5, 5.41) is 8.44. The number of rotatable bonds is 38. The lowest BCUT2D eigenvalue weighted by Crippen LogP contribution is -2.17. The lowest BCUT2D eigenvalue weighted by molar-refractivity contribution is -0.151. The van der Waals surface area contributed by atoms with Crippen molar-refractivity contribution in [2.24, 2.45) is 0 Å². The van der Waals surface area contributed by atoms with E-state index < -0.39 is 17.7 Å². The van der Waals surface area contributed by atoms with Crippen LogP contribution in [-0.4, -0.2) is 174 Å². The molecule has 0 fully saturated rings. The van der Waals surface area contributed by atoms with Crippen LogP contribution in [0.4, 0.5) is 0 Å². The maximum Gasteiger partial charge on any atom is 0.372 e. The second kappa shape index (κ2) is 36.5. The lowest BCUT2D eigenvalue weighted by Gasteiger charge is -2.09. The van der Waals surface area contributed by atoms with Gasteiger partial charge in [0.1, 0.15) is 6.61 Å². The Morgan fingerprint density at radius 1 is 0.362 bits per heavy atom. The average molecular weight is 687 g/mol. The van der Waals surface area contributed by atoms with Crippen molar-refractivity contribution in [1.82, 2.24) is 0 Å². The molecule has 0 rings (SSSR count). The molecule has 0 saturated carbocycles. The second-order valence-corrected chi connectivity index (χ2v) is 9.13. The number of Topliss-reactive ketones (excluding diaryl/α,β-unsaturated/α-hetero) is 1. The molecule has 0 aliphatic rings. The Morgan fingerprint density at radius 3 is 0.936 bits per heavy atom. The Bertz CT molecular complexity index is 752. The number of ketones is 1. The summed E-state index contributed by atoms with van der Waals surface area (Å²) in [4.78, 5) is 43.8. The number of carboxylic acid groups (broad SMARTS) is 1. The molecule has 0 spiro atoms. The van der Waals surface area contributed by atoms with Crippen LogP contribution >= 0.6 is 0 Å². The maximum absolute atomic E-state index is 11.4. The van der Waals surface area contributed by atoms with E-state index in [2.05, 4.69) is 0 Å². The standard InChI is InChI=1S/C30H54O17/c1-2-46-29(33)5-6-36-7-8-37-9-10-38-11-12-39-13-14-40-15-16-41-17-18-42-19-20-43-21-22-44-23-24-45-25-26-47-28(32)4-3-27(31)30(34)35/h2-26H2,1H3,(H,34,35). The van der Waals surface area contributed by atoms with Crippen LogP contribution in [0.15, 0.2) is 0 Å². The largest absolute Gasteiger partial charge is 0.476 e. The van der Waals surface area contributed by atoms with E-state index in [0.29, 0.717) is 132 Å². The fourth-order valence-electron chi connectivity index (χ4n) is 3.08. The van der Waals surface area contributed by atoms with Gasteiger partial charge in [-0.05, 0) is 6.92 Å². The normalized spacial score (nSPS) is 11.1. The molecule has 1 N–H and O–H groups in total. The Kier molecular flexibility index (Phi) is 34.7. The van der Waals surface area contributed by atoms with Crippen molar-refractivity contribution in [3.8, 4) is 0 Å². The van der Waals surface area contributed by atoms with Gasteiger partial charge in [0.25, 0.3) is 0 Å². The molecule has 0 aromatic rings. The van der Waals surface area contributed by atoms with Crippen molar-refractivity contribution in [3.05, 3.63) is 0 Å². The fourth-order valence-corrected chi connectivity index (χ4v) is 3.08. The number of carboxylic acids is 1. The minimum atomic E-state index is -1.57. The van der Waals surface area contributed by atoms with Gasteiger partial charge < -0.3 is 61.9 Å². The first-order chi connectivity index (χ1) is 23.0. The minimum Gasteiger partial charge on any atom is -0.476 e. The van der Waals surface area contributed by atoms with Crippen LogP contribution in [-0.2, 0) is 76.0 Å². The number of carbonyl (C=O) groups is 4. The second-order valence-electron chi connectivity index (χ2n) is 9.13. The Hall–Kier alpha value is -2.32. The summed E-state index contributed by atoms with van der Waals surface area (Å²) in [6, 6.07) is 0. The van der Waals surface area contributed by atoms with E-state index in [1.165, 1.54) is 0 Å².